The van der Waals surface area contributed by atoms with Gasteiger partial charge in [0.15, 0.2) is 9.84 Å². The molecule has 6 N–H and O–H groups in total. The highest BCUT2D eigenvalue weighted by Crippen LogP contribution is 2.31. The minimum absolute atomic E-state index is 0.0221. The fourth-order valence-electron chi connectivity index (χ4n) is 4.95. The van der Waals surface area contributed by atoms with Crippen LogP contribution < -0.4 is 16.4 Å². The third kappa shape index (κ3) is 4.81. The molecule has 2 aliphatic heterocycles. The van der Waals surface area contributed by atoms with Crippen LogP contribution in [0.2, 0.25) is 0 Å². The predicted molar refractivity (Wildman–Crippen MR) is 125 cm³/mol. The van der Waals surface area contributed by atoms with E-state index in [9.17, 15) is 12.8 Å². The number of halogens is 2. The Morgan fingerprint density at radius 3 is 2.71 bits per heavy atom. The molecule has 5 rings (SSSR count). The predicted octanol–water partition coefficient (Wildman–Crippen LogP) is 1.22. The van der Waals surface area contributed by atoms with Crippen LogP contribution in [0.25, 0.3) is 0 Å². The molecule has 10 nitrogen and oxygen atoms in total. The summed E-state index contributed by atoms with van der Waals surface area (Å²) in [6.07, 6.45) is 4.93. The van der Waals surface area contributed by atoms with Gasteiger partial charge in [0.1, 0.15) is 22.3 Å². The van der Waals surface area contributed by atoms with Crippen LogP contribution in [0.15, 0.2) is 29.4 Å². The fraction of sp³-hybridized carbons (Fsp3) is 0.455. The van der Waals surface area contributed by atoms with Gasteiger partial charge < -0.3 is 16.4 Å². The topological polar surface area (TPSA) is 145 Å². The third-order valence-electron chi connectivity index (χ3n) is 6.81. The average Bonchev–Trinajstić information content (AvgIpc) is 3.52. The molecule has 0 unspecified atom stereocenters. The van der Waals surface area contributed by atoms with E-state index in [1.165, 1.54) is 23.9 Å². The summed E-state index contributed by atoms with van der Waals surface area (Å²) in [6.45, 7) is 2.38. The van der Waals surface area contributed by atoms with Crippen molar-refractivity contribution in [3.8, 4) is 0 Å². The number of anilines is 1. The largest absolute Gasteiger partial charge is 0.369 e. The molecule has 4 heterocycles. The van der Waals surface area contributed by atoms with Gasteiger partial charge in [-0.2, -0.15) is 10.2 Å². The number of H-pyrrole nitrogens is 2. The number of piperidine rings is 1. The minimum atomic E-state index is -3.46. The van der Waals surface area contributed by atoms with Crippen LogP contribution in [0.4, 0.5) is 14.6 Å². The second-order valence-corrected chi connectivity index (χ2v) is 11.2. The Kier molecular flexibility index (Phi) is 6.34. The summed E-state index contributed by atoms with van der Waals surface area (Å²) in [7, 11) is -3.46. The highest BCUT2D eigenvalue weighted by molar-refractivity contribution is 7.90. The zero-order valence-corrected chi connectivity index (χ0v) is 20.0. The first-order valence-corrected chi connectivity index (χ1v) is 13.3. The lowest BCUT2D eigenvalue weighted by molar-refractivity contribution is 0.137. The van der Waals surface area contributed by atoms with E-state index in [-0.39, 0.29) is 46.9 Å². The summed E-state index contributed by atoms with van der Waals surface area (Å²) in [6, 6.07) is 1.74. The van der Waals surface area contributed by atoms with E-state index in [1.54, 1.807) is 0 Å². The molecule has 1 saturated heterocycles. The van der Waals surface area contributed by atoms with Gasteiger partial charge in [0.05, 0.1) is 24.1 Å². The number of hydrogen-bond donors (Lipinski definition) is 5. The molecule has 3 aromatic rings. The van der Waals surface area contributed by atoms with Gasteiger partial charge in [0, 0.05) is 55.6 Å². The molecule has 35 heavy (non-hydrogen) atoms. The van der Waals surface area contributed by atoms with Crippen molar-refractivity contribution in [3.05, 3.63) is 58.5 Å². The standard InChI is InChI=1S/C22H28F2N8O2S/c1-35(33,34)20-9-29-31-22(20)26-3-2-12-4-17(24)15(6-16(12)23)21-18(25)5-14(8-27-21)32-10-13-7-28-30-19(13)11-32/h4,6-7,9,14,18,21,27H,2-3,5,8,10-11,25H2,1H3,(H,28,30)(H2,26,29,31)/t14-,18+,21-/m1/s1. The summed E-state index contributed by atoms with van der Waals surface area (Å²) in [5.41, 5.74) is 9.12. The molecule has 1 aromatic carbocycles. The molecule has 3 atom stereocenters. The number of nitrogens with zero attached hydrogens (tertiary/aromatic N) is 3. The lowest BCUT2D eigenvalue weighted by Crippen LogP contribution is -2.54. The molecule has 13 heteroatoms. The average molecular weight is 507 g/mol. The molecular weight excluding hydrogens is 478 g/mol. The monoisotopic (exact) mass is 506 g/mol. The minimum Gasteiger partial charge on any atom is -0.369 e. The summed E-state index contributed by atoms with van der Waals surface area (Å²) in [5, 5.41) is 19.6. The van der Waals surface area contributed by atoms with E-state index in [2.05, 4.69) is 35.9 Å². The number of nitrogens with two attached hydrogens (primary N) is 1. The Hall–Kier alpha value is -2.87. The maximum absolute atomic E-state index is 15.0. The van der Waals surface area contributed by atoms with Crippen LogP contribution in [-0.4, -0.2) is 65.1 Å². The second kappa shape index (κ2) is 9.30. The third-order valence-corrected chi connectivity index (χ3v) is 7.91. The van der Waals surface area contributed by atoms with Gasteiger partial charge in [-0.3, -0.25) is 15.1 Å². The normalized spacial score (nSPS) is 22.9. The van der Waals surface area contributed by atoms with Crippen molar-refractivity contribution in [1.82, 2.24) is 30.6 Å². The second-order valence-electron chi connectivity index (χ2n) is 9.24. The Labute approximate surface area is 201 Å². The maximum atomic E-state index is 15.0. The van der Waals surface area contributed by atoms with Crippen molar-refractivity contribution < 1.29 is 17.2 Å². The van der Waals surface area contributed by atoms with Crippen molar-refractivity contribution in [2.24, 2.45) is 5.73 Å². The molecule has 2 aromatic heterocycles. The molecular formula is C22H28F2N8O2S. The Balaban J connectivity index is 1.21. The van der Waals surface area contributed by atoms with Crippen LogP contribution in [0.5, 0.6) is 0 Å². The maximum Gasteiger partial charge on any atom is 0.180 e. The zero-order chi connectivity index (χ0) is 24.7. The fourth-order valence-corrected chi connectivity index (χ4v) is 5.68. The van der Waals surface area contributed by atoms with Crippen molar-refractivity contribution in [1.29, 1.82) is 0 Å². The number of sulfone groups is 1. The lowest BCUT2D eigenvalue weighted by Gasteiger charge is -2.39. The van der Waals surface area contributed by atoms with Crippen LogP contribution in [0.1, 0.15) is 34.8 Å². The van der Waals surface area contributed by atoms with E-state index < -0.39 is 27.5 Å². The van der Waals surface area contributed by atoms with Gasteiger partial charge in [-0.25, -0.2) is 17.2 Å². The first-order chi connectivity index (χ1) is 16.7. The Bertz CT molecular complexity index is 1300. The van der Waals surface area contributed by atoms with Crippen molar-refractivity contribution >= 4 is 15.7 Å². The van der Waals surface area contributed by atoms with Gasteiger partial charge in [0.2, 0.25) is 0 Å². The number of nitrogens with one attached hydrogen (secondary N) is 4. The van der Waals surface area contributed by atoms with Crippen LogP contribution in [0.3, 0.4) is 0 Å². The van der Waals surface area contributed by atoms with E-state index in [4.69, 9.17) is 5.73 Å². The lowest BCUT2D eigenvalue weighted by atomic mass is 9.89. The van der Waals surface area contributed by atoms with E-state index >= 15 is 4.39 Å². The van der Waals surface area contributed by atoms with Crippen LogP contribution in [0, 0.1) is 11.6 Å². The highest BCUT2D eigenvalue weighted by Gasteiger charge is 2.36. The number of rotatable bonds is 7. The van der Waals surface area contributed by atoms with Gasteiger partial charge in [-0.15, -0.1) is 0 Å². The van der Waals surface area contributed by atoms with Gasteiger partial charge in [0.25, 0.3) is 0 Å². The summed E-state index contributed by atoms with van der Waals surface area (Å²) < 4.78 is 53.5. The molecule has 0 amide bonds. The molecule has 0 aliphatic carbocycles. The molecule has 1 fully saturated rings. The zero-order valence-electron chi connectivity index (χ0n) is 19.2. The van der Waals surface area contributed by atoms with Crippen molar-refractivity contribution in [2.75, 3.05) is 24.7 Å². The quantitative estimate of drug-likeness (QED) is 0.322. The van der Waals surface area contributed by atoms with Crippen LogP contribution >= 0.6 is 0 Å². The SMILES string of the molecule is CS(=O)(=O)c1cn[nH]c1NCCc1cc(F)c([C@H]2NC[C@H](N3Cc4cn[nH]c4C3)C[C@@H]2N)cc1F. The highest BCUT2D eigenvalue weighted by atomic mass is 32.2. The Morgan fingerprint density at radius 1 is 1.17 bits per heavy atom. The number of fused-ring (bicyclic) bond motifs is 1. The van der Waals surface area contributed by atoms with E-state index in [0.717, 1.165) is 25.0 Å². The number of aromatic amines is 2. The van der Waals surface area contributed by atoms with Crippen LogP contribution in [-0.2, 0) is 29.3 Å². The van der Waals surface area contributed by atoms with Crippen molar-refractivity contribution in [2.45, 2.75) is 49.0 Å². The number of aromatic nitrogens is 4. The first kappa shape index (κ1) is 23.9. The molecule has 0 saturated carbocycles. The van der Waals surface area contributed by atoms with Gasteiger partial charge in [-0.1, -0.05) is 0 Å². The van der Waals surface area contributed by atoms with E-state index in [1.807, 2.05) is 6.20 Å². The smallest absolute Gasteiger partial charge is 0.180 e. The van der Waals surface area contributed by atoms with E-state index in [0.29, 0.717) is 13.0 Å². The van der Waals surface area contributed by atoms with Gasteiger partial charge in [-0.05, 0) is 30.5 Å². The number of benzene rings is 1. The molecule has 2 aliphatic rings. The summed E-state index contributed by atoms with van der Waals surface area (Å²) in [4.78, 5) is 2.34. The Morgan fingerprint density at radius 2 is 1.97 bits per heavy atom. The summed E-state index contributed by atoms with van der Waals surface area (Å²) >= 11 is 0. The molecule has 0 bridgehead atoms. The molecule has 0 radical (unpaired) electrons. The number of hydrogen-bond acceptors (Lipinski definition) is 8. The molecule has 0 spiro atoms. The van der Waals surface area contributed by atoms with Crippen molar-refractivity contribution in [3.63, 3.8) is 0 Å². The first-order valence-electron chi connectivity index (χ1n) is 11.4. The molecule has 188 valence electrons. The van der Waals surface area contributed by atoms with Gasteiger partial charge >= 0.3 is 0 Å². The summed E-state index contributed by atoms with van der Waals surface area (Å²) in [5.74, 6) is -0.829.